The Labute approximate surface area is 191 Å². The second-order valence-corrected chi connectivity index (χ2v) is 8.35. The Hall–Kier alpha value is -3.74. The topological polar surface area (TPSA) is 91.9 Å². The van der Waals surface area contributed by atoms with Gasteiger partial charge in [0.1, 0.15) is 19.0 Å². The minimum absolute atomic E-state index is 0.0953. The van der Waals surface area contributed by atoms with Crippen LogP contribution in [0.25, 0.3) is 16.7 Å². The smallest absolute Gasteiger partial charge is 0.295 e. The van der Waals surface area contributed by atoms with Crippen LogP contribution in [0.3, 0.4) is 0 Å². The van der Waals surface area contributed by atoms with Crippen LogP contribution in [-0.2, 0) is 9.59 Å². The highest BCUT2D eigenvalue weighted by atomic mass is 16.6. The Bertz CT molecular complexity index is 1260. The van der Waals surface area contributed by atoms with Crippen LogP contribution in [0.1, 0.15) is 43.4 Å². The minimum Gasteiger partial charge on any atom is -0.507 e. The zero-order chi connectivity index (χ0) is 22.9. The Balaban J connectivity index is 1.65. The molecule has 1 unspecified atom stereocenters. The Morgan fingerprint density at radius 2 is 1.88 bits per heavy atom. The maximum absolute atomic E-state index is 13.2. The molecular formula is C26H26N2O5. The number of fused-ring (bicyclic) bond motifs is 2. The molecule has 1 amide bonds. The molecule has 0 saturated carbocycles. The van der Waals surface area contributed by atoms with Crippen LogP contribution >= 0.6 is 0 Å². The number of ether oxygens (including phenoxy) is 2. The number of H-pyrrole nitrogens is 1. The number of amides is 1. The number of carbonyl (C=O) groups is 2. The first-order valence-electron chi connectivity index (χ1n) is 11.3. The van der Waals surface area contributed by atoms with Crippen molar-refractivity contribution >= 4 is 28.4 Å². The van der Waals surface area contributed by atoms with E-state index in [0.29, 0.717) is 36.8 Å². The third-order valence-corrected chi connectivity index (χ3v) is 6.27. The number of para-hydroxylation sites is 1. The molecule has 2 aliphatic rings. The van der Waals surface area contributed by atoms with Crippen molar-refractivity contribution in [2.75, 3.05) is 19.8 Å². The summed E-state index contributed by atoms with van der Waals surface area (Å²) in [6.07, 6.45) is 4.56. The molecule has 170 valence electrons. The lowest BCUT2D eigenvalue weighted by Crippen LogP contribution is -2.30. The molecule has 33 heavy (non-hydrogen) atoms. The number of carbonyl (C=O) groups excluding carboxylic acids is 2. The highest BCUT2D eigenvalue weighted by Gasteiger charge is 2.46. The number of unbranched alkanes of at least 4 members (excludes halogenated alkanes) is 2. The van der Waals surface area contributed by atoms with Crippen LogP contribution < -0.4 is 9.47 Å². The predicted molar refractivity (Wildman–Crippen MR) is 124 cm³/mol. The lowest BCUT2D eigenvalue weighted by atomic mass is 9.94. The fourth-order valence-corrected chi connectivity index (χ4v) is 4.63. The van der Waals surface area contributed by atoms with E-state index in [4.69, 9.17) is 9.47 Å². The summed E-state index contributed by atoms with van der Waals surface area (Å²) in [5.41, 5.74) is 2.21. The van der Waals surface area contributed by atoms with Crippen LogP contribution in [0.2, 0.25) is 0 Å². The van der Waals surface area contributed by atoms with Gasteiger partial charge in [-0.25, -0.2) is 0 Å². The summed E-state index contributed by atoms with van der Waals surface area (Å²) in [6, 6.07) is 12.1. The third kappa shape index (κ3) is 3.63. The number of Topliss-reactive ketones (excluding diaryl/α,β-unsaturated/α-hetero) is 1. The lowest BCUT2D eigenvalue weighted by molar-refractivity contribution is -0.139. The minimum atomic E-state index is -0.675. The van der Waals surface area contributed by atoms with Gasteiger partial charge in [-0.05, 0) is 30.7 Å². The Kier molecular flexibility index (Phi) is 5.54. The Morgan fingerprint density at radius 1 is 1.09 bits per heavy atom. The van der Waals surface area contributed by atoms with Gasteiger partial charge >= 0.3 is 0 Å². The second kappa shape index (κ2) is 8.65. The molecule has 1 fully saturated rings. The van der Waals surface area contributed by atoms with Crippen molar-refractivity contribution in [3.05, 3.63) is 65.4 Å². The fraction of sp³-hybridized carbons (Fsp3) is 0.308. The highest BCUT2D eigenvalue weighted by molar-refractivity contribution is 6.46. The predicted octanol–water partition coefficient (Wildman–Crippen LogP) is 4.55. The summed E-state index contributed by atoms with van der Waals surface area (Å²) < 4.78 is 11.2. The largest absolute Gasteiger partial charge is 0.507 e. The molecule has 5 rings (SSSR count). The van der Waals surface area contributed by atoms with E-state index in [-0.39, 0.29) is 11.3 Å². The molecule has 1 atom stereocenters. The standard InChI is InChI=1S/C26H26N2O5/c1-2-3-6-11-28-23(18-15-27-19-8-5-4-7-17(18)19)22(25(30)26(28)31)24(29)16-9-10-20-21(14-16)33-13-12-32-20/h4-5,7-10,14-15,23,27,29H,2-3,6,11-13H2,1H3/b24-22+. The fourth-order valence-electron chi connectivity index (χ4n) is 4.63. The first-order chi connectivity index (χ1) is 16.1. The van der Waals surface area contributed by atoms with Crippen molar-refractivity contribution in [3.63, 3.8) is 0 Å². The zero-order valence-electron chi connectivity index (χ0n) is 18.5. The van der Waals surface area contributed by atoms with Crippen molar-refractivity contribution in [1.82, 2.24) is 9.88 Å². The van der Waals surface area contributed by atoms with E-state index in [9.17, 15) is 14.7 Å². The number of nitrogens with zero attached hydrogens (tertiary/aromatic N) is 1. The highest BCUT2D eigenvalue weighted by Crippen LogP contribution is 2.43. The van der Waals surface area contributed by atoms with Gasteiger partial charge in [-0.3, -0.25) is 9.59 Å². The van der Waals surface area contributed by atoms with E-state index >= 15 is 0 Å². The SMILES string of the molecule is CCCCCN1C(=O)C(=O)/C(=C(/O)c2ccc3c(c2)OCCO3)C1c1c[nH]c2ccccc12. The molecule has 7 nitrogen and oxygen atoms in total. The van der Waals surface area contributed by atoms with Gasteiger partial charge in [-0.1, -0.05) is 38.0 Å². The molecular weight excluding hydrogens is 420 g/mol. The van der Waals surface area contributed by atoms with Crippen LogP contribution in [0, 0.1) is 0 Å². The molecule has 2 aliphatic heterocycles. The summed E-state index contributed by atoms with van der Waals surface area (Å²) in [4.78, 5) is 31.1. The first-order valence-corrected chi connectivity index (χ1v) is 11.3. The molecule has 0 spiro atoms. The van der Waals surface area contributed by atoms with E-state index in [0.717, 1.165) is 35.7 Å². The van der Waals surface area contributed by atoms with Crippen LogP contribution in [0.5, 0.6) is 11.5 Å². The van der Waals surface area contributed by atoms with Crippen LogP contribution in [-0.4, -0.2) is 46.4 Å². The van der Waals surface area contributed by atoms with Gasteiger partial charge in [0.2, 0.25) is 0 Å². The van der Waals surface area contributed by atoms with Crippen molar-refractivity contribution < 1.29 is 24.2 Å². The van der Waals surface area contributed by atoms with Crippen LogP contribution in [0.15, 0.2) is 54.2 Å². The molecule has 0 aliphatic carbocycles. The van der Waals surface area contributed by atoms with E-state index in [1.54, 1.807) is 23.1 Å². The number of ketones is 1. The van der Waals surface area contributed by atoms with Gasteiger partial charge in [0, 0.05) is 34.8 Å². The number of rotatable bonds is 6. The number of hydrogen-bond donors (Lipinski definition) is 2. The molecule has 0 bridgehead atoms. The molecule has 2 N–H and O–H groups in total. The molecule has 3 heterocycles. The second-order valence-electron chi connectivity index (χ2n) is 8.35. The van der Waals surface area contributed by atoms with Gasteiger partial charge in [-0.2, -0.15) is 0 Å². The Morgan fingerprint density at radius 3 is 2.70 bits per heavy atom. The van der Waals surface area contributed by atoms with Crippen molar-refractivity contribution in [2.45, 2.75) is 32.2 Å². The van der Waals surface area contributed by atoms with Crippen LogP contribution in [0.4, 0.5) is 0 Å². The average Bonchev–Trinajstić information content (AvgIpc) is 3.37. The number of aliphatic hydroxyl groups excluding tert-OH is 1. The van der Waals surface area contributed by atoms with Gasteiger partial charge < -0.3 is 24.5 Å². The van der Waals surface area contributed by atoms with Crippen molar-refractivity contribution in [2.24, 2.45) is 0 Å². The van der Waals surface area contributed by atoms with Crippen molar-refractivity contribution in [1.29, 1.82) is 0 Å². The lowest BCUT2D eigenvalue weighted by Gasteiger charge is -2.25. The number of aliphatic hydroxyl groups is 1. The van der Waals surface area contributed by atoms with E-state index < -0.39 is 17.7 Å². The quantitative estimate of drug-likeness (QED) is 0.251. The van der Waals surface area contributed by atoms with Crippen molar-refractivity contribution in [3.8, 4) is 11.5 Å². The van der Waals surface area contributed by atoms with E-state index in [1.807, 2.05) is 30.5 Å². The molecule has 7 heteroatoms. The molecule has 0 radical (unpaired) electrons. The van der Waals surface area contributed by atoms with Gasteiger partial charge in [0.25, 0.3) is 11.7 Å². The van der Waals surface area contributed by atoms with Gasteiger partial charge in [0.05, 0.1) is 11.6 Å². The number of likely N-dealkylation sites (tertiary alicyclic amines) is 1. The zero-order valence-corrected chi connectivity index (χ0v) is 18.5. The first kappa shape index (κ1) is 21.1. The number of aromatic amines is 1. The average molecular weight is 447 g/mol. The number of nitrogens with one attached hydrogen (secondary N) is 1. The normalized spacial score (nSPS) is 19.4. The molecule has 2 aromatic carbocycles. The van der Waals surface area contributed by atoms with E-state index in [2.05, 4.69) is 11.9 Å². The third-order valence-electron chi connectivity index (χ3n) is 6.27. The number of aromatic nitrogens is 1. The number of benzene rings is 2. The summed E-state index contributed by atoms with van der Waals surface area (Å²) in [5, 5.41) is 12.2. The number of hydrogen-bond acceptors (Lipinski definition) is 5. The molecule has 3 aromatic rings. The summed E-state index contributed by atoms with van der Waals surface area (Å²) in [5.74, 6) is -0.370. The summed E-state index contributed by atoms with van der Waals surface area (Å²) in [7, 11) is 0. The maximum atomic E-state index is 13.2. The van der Waals surface area contributed by atoms with Gasteiger partial charge in [0.15, 0.2) is 11.5 Å². The monoisotopic (exact) mass is 446 g/mol. The van der Waals surface area contributed by atoms with Gasteiger partial charge in [-0.15, -0.1) is 0 Å². The molecule has 1 aromatic heterocycles. The maximum Gasteiger partial charge on any atom is 0.295 e. The van der Waals surface area contributed by atoms with E-state index in [1.165, 1.54) is 0 Å². The summed E-state index contributed by atoms with van der Waals surface area (Å²) in [6.45, 7) is 3.41. The molecule has 1 saturated heterocycles. The summed E-state index contributed by atoms with van der Waals surface area (Å²) >= 11 is 0.